The van der Waals surface area contributed by atoms with E-state index in [2.05, 4.69) is 17.6 Å². The first-order valence-corrected chi connectivity index (χ1v) is 5.69. The van der Waals surface area contributed by atoms with Gasteiger partial charge in [0.25, 0.3) is 0 Å². The van der Waals surface area contributed by atoms with Gasteiger partial charge in [0.1, 0.15) is 6.61 Å². The van der Waals surface area contributed by atoms with Crippen molar-refractivity contribution >= 4 is 5.91 Å². The highest BCUT2D eigenvalue weighted by Gasteiger charge is 2.19. The minimum Gasteiger partial charge on any atom is -0.369 e. The quantitative estimate of drug-likeness (QED) is 0.717. The first kappa shape index (κ1) is 12.5. The average molecular weight is 214 g/mol. The first-order valence-electron chi connectivity index (χ1n) is 5.69. The Morgan fingerprint density at radius 3 is 2.87 bits per heavy atom. The summed E-state index contributed by atoms with van der Waals surface area (Å²) in [6.45, 7) is 8.14. The van der Waals surface area contributed by atoms with Crippen molar-refractivity contribution < 1.29 is 9.53 Å². The molecule has 0 saturated carbocycles. The minimum atomic E-state index is -0.00963. The second kappa shape index (κ2) is 6.08. The van der Waals surface area contributed by atoms with Gasteiger partial charge in [-0.15, -0.1) is 0 Å². The SMILES string of the molecule is CC1CNCC(NC(=O)COC(C)C)C1. The van der Waals surface area contributed by atoms with Crippen LogP contribution in [0.4, 0.5) is 0 Å². The number of amides is 1. The molecular formula is C11H22N2O2. The predicted molar refractivity (Wildman–Crippen MR) is 59.7 cm³/mol. The fourth-order valence-electron chi connectivity index (χ4n) is 1.78. The van der Waals surface area contributed by atoms with Crippen LogP contribution in [0.1, 0.15) is 27.2 Å². The molecule has 0 spiro atoms. The van der Waals surface area contributed by atoms with Gasteiger partial charge in [0.05, 0.1) is 6.10 Å². The molecular weight excluding hydrogens is 192 g/mol. The summed E-state index contributed by atoms with van der Waals surface area (Å²) >= 11 is 0. The summed E-state index contributed by atoms with van der Waals surface area (Å²) in [5.74, 6) is 0.625. The molecule has 1 fully saturated rings. The van der Waals surface area contributed by atoms with E-state index >= 15 is 0 Å². The van der Waals surface area contributed by atoms with Crippen molar-refractivity contribution in [1.82, 2.24) is 10.6 Å². The van der Waals surface area contributed by atoms with Crippen LogP contribution in [-0.2, 0) is 9.53 Å². The van der Waals surface area contributed by atoms with E-state index in [1.807, 2.05) is 13.8 Å². The van der Waals surface area contributed by atoms with Crippen molar-refractivity contribution in [2.45, 2.75) is 39.3 Å². The Balaban J connectivity index is 2.19. The Morgan fingerprint density at radius 1 is 1.53 bits per heavy atom. The van der Waals surface area contributed by atoms with E-state index < -0.39 is 0 Å². The van der Waals surface area contributed by atoms with Crippen molar-refractivity contribution in [2.24, 2.45) is 5.92 Å². The number of rotatable bonds is 4. The number of carbonyl (C=O) groups excluding carboxylic acids is 1. The zero-order valence-corrected chi connectivity index (χ0v) is 9.88. The van der Waals surface area contributed by atoms with Gasteiger partial charge in [-0.05, 0) is 32.7 Å². The highest BCUT2D eigenvalue weighted by molar-refractivity contribution is 5.77. The van der Waals surface area contributed by atoms with E-state index in [0.717, 1.165) is 19.5 Å². The fourth-order valence-corrected chi connectivity index (χ4v) is 1.78. The van der Waals surface area contributed by atoms with Crippen LogP contribution < -0.4 is 10.6 Å². The highest BCUT2D eigenvalue weighted by Crippen LogP contribution is 2.08. The molecule has 1 amide bonds. The van der Waals surface area contributed by atoms with Crippen molar-refractivity contribution in [1.29, 1.82) is 0 Å². The Kier molecular flexibility index (Phi) is 5.05. The Hall–Kier alpha value is -0.610. The third-order valence-corrected chi connectivity index (χ3v) is 2.48. The third-order valence-electron chi connectivity index (χ3n) is 2.48. The average Bonchev–Trinajstić information content (AvgIpc) is 2.15. The number of carbonyl (C=O) groups is 1. The molecule has 2 atom stereocenters. The van der Waals surface area contributed by atoms with Crippen LogP contribution >= 0.6 is 0 Å². The molecule has 0 aliphatic carbocycles. The summed E-state index contributed by atoms with van der Waals surface area (Å²) in [7, 11) is 0. The van der Waals surface area contributed by atoms with Crippen LogP contribution in [0.3, 0.4) is 0 Å². The Labute approximate surface area is 91.8 Å². The summed E-state index contributed by atoms with van der Waals surface area (Å²) in [4.78, 5) is 11.5. The number of hydrogen-bond acceptors (Lipinski definition) is 3. The molecule has 0 aromatic heterocycles. The molecule has 2 N–H and O–H groups in total. The topological polar surface area (TPSA) is 50.4 Å². The van der Waals surface area contributed by atoms with Crippen molar-refractivity contribution in [3.8, 4) is 0 Å². The van der Waals surface area contributed by atoms with Crippen LogP contribution in [-0.4, -0.2) is 37.7 Å². The lowest BCUT2D eigenvalue weighted by Gasteiger charge is -2.28. The normalized spacial score (nSPS) is 26.7. The van der Waals surface area contributed by atoms with Crippen LogP contribution in [0.5, 0.6) is 0 Å². The maximum Gasteiger partial charge on any atom is 0.246 e. The van der Waals surface area contributed by atoms with Gasteiger partial charge in [-0.2, -0.15) is 0 Å². The molecule has 0 radical (unpaired) electrons. The largest absolute Gasteiger partial charge is 0.369 e. The van der Waals surface area contributed by atoms with Crippen LogP contribution in [0.25, 0.3) is 0 Å². The van der Waals surface area contributed by atoms with Crippen molar-refractivity contribution in [3.05, 3.63) is 0 Å². The summed E-state index contributed by atoms with van der Waals surface area (Å²) in [6.07, 6.45) is 1.17. The molecule has 0 bridgehead atoms. The molecule has 1 aliphatic rings. The van der Waals surface area contributed by atoms with Gasteiger partial charge in [-0.3, -0.25) is 4.79 Å². The van der Waals surface area contributed by atoms with E-state index in [4.69, 9.17) is 4.74 Å². The van der Waals surface area contributed by atoms with E-state index in [0.29, 0.717) is 5.92 Å². The Morgan fingerprint density at radius 2 is 2.27 bits per heavy atom. The molecule has 4 heteroatoms. The second-order valence-electron chi connectivity index (χ2n) is 4.62. The van der Waals surface area contributed by atoms with Crippen LogP contribution in [0, 0.1) is 5.92 Å². The van der Waals surface area contributed by atoms with Gasteiger partial charge in [0.15, 0.2) is 0 Å². The smallest absolute Gasteiger partial charge is 0.246 e. The molecule has 1 aliphatic heterocycles. The molecule has 0 aromatic carbocycles. The molecule has 1 heterocycles. The molecule has 1 rings (SSSR count). The molecule has 0 aromatic rings. The molecule has 15 heavy (non-hydrogen) atoms. The lowest BCUT2D eigenvalue weighted by Crippen LogP contribution is -2.49. The number of nitrogens with one attached hydrogen (secondary N) is 2. The minimum absolute atomic E-state index is 0.00963. The van der Waals surface area contributed by atoms with Crippen LogP contribution in [0.2, 0.25) is 0 Å². The third kappa shape index (κ3) is 5.14. The van der Waals surface area contributed by atoms with Gasteiger partial charge in [-0.25, -0.2) is 0 Å². The lowest BCUT2D eigenvalue weighted by atomic mass is 9.98. The summed E-state index contributed by atoms with van der Waals surface area (Å²) in [5, 5.41) is 6.28. The van der Waals surface area contributed by atoms with Gasteiger partial charge in [0, 0.05) is 12.6 Å². The standard InChI is InChI=1S/C11H22N2O2/c1-8(2)15-7-11(14)13-10-4-9(3)5-12-6-10/h8-10,12H,4-7H2,1-3H3,(H,13,14). The monoisotopic (exact) mass is 214 g/mol. The van der Waals surface area contributed by atoms with E-state index in [-0.39, 0.29) is 24.7 Å². The predicted octanol–water partition coefficient (Wildman–Crippen LogP) is 0.526. The van der Waals surface area contributed by atoms with E-state index in [1.54, 1.807) is 0 Å². The highest BCUT2D eigenvalue weighted by atomic mass is 16.5. The summed E-state index contributed by atoms with van der Waals surface area (Å²) < 4.78 is 5.24. The maximum absolute atomic E-state index is 11.5. The van der Waals surface area contributed by atoms with Gasteiger partial charge in [-0.1, -0.05) is 6.92 Å². The lowest BCUT2D eigenvalue weighted by molar-refractivity contribution is -0.128. The number of ether oxygens (including phenoxy) is 1. The molecule has 1 saturated heterocycles. The number of piperidine rings is 1. The fraction of sp³-hybridized carbons (Fsp3) is 0.909. The van der Waals surface area contributed by atoms with E-state index in [9.17, 15) is 4.79 Å². The molecule has 88 valence electrons. The van der Waals surface area contributed by atoms with Gasteiger partial charge < -0.3 is 15.4 Å². The van der Waals surface area contributed by atoms with E-state index in [1.165, 1.54) is 0 Å². The second-order valence-corrected chi connectivity index (χ2v) is 4.62. The maximum atomic E-state index is 11.5. The van der Waals surface area contributed by atoms with Gasteiger partial charge >= 0.3 is 0 Å². The summed E-state index contributed by atoms with van der Waals surface area (Å²) in [5.41, 5.74) is 0. The zero-order chi connectivity index (χ0) is 11.3. The molecule has 2 unspecified atom stereocenters. The van der Waals surface area contributed by atoms with Crippen molar-refractivity contribution in [3.63, 3.8) is 0 Å². The summed E-state index contributed by atoms with van der Waals surface area (Å²) in [6, 6.07) is 0.261. The first-order chi connectivity index (χ1) is 7.08. The molecule has 4 nitrogen and oxygen atoms in total. The van der Waals surface area contributed by atoms with Crippen LogP contribution in [0.15, 0.2) is 0 Å². The van der Waals surface area contributed by atoms with Gasteiger partial charge in [0.2, 0.25) is 5.91 Å². The zero-order valence-electron chi connectivity index (χ0n) is 9.88. The van der Waals surface area contributed by atoms with Crippen molar-refractivity contribution in [2.75, 3.05) is 19.7 Å². The Bertz CT molecular complexity index is 207. The number of hydrogen-bond donors (Lipinski definition) is 2.